The molecule has 0 saturated heterocycles. The van der Waals surface area contributed by atoms with Gasteiger partial charge in [-0.3, -0.25) is 14.9 Å². The van der Waals surface area contributed by atoms with Crippen LogP contribution in [0.1, 0.15) is 32.8 Å². The Labute approximate surface area is 150 Å². The minimum atomic E-state index is -2.07. The molecule has 0 spiro atoms. The maximum Gasteiger partial charge on any atom is 0.343 e. The van der Waals surface area contributed by atoms with Gasteiger partial charge >= 0.3 is 11.9 Å². The summed E-state index contributed by atoms with van der Waals surface area (Å²) in [6.07, 6.45) is -0.260. The van der Waals surface area contributed by atoms with Crippen LogP contribution in [-0.4, -0.2) is 41.5 Å². The van der Waals surface area contributed by atoms with Gasteiger partial charge in [-0.05, 0) is 26.7 Å². The normalized spacial score (nSPS) is 10.7. The van der Waals surface area contributed by atoms with E-state index in [0.29, 0.717) is 5.56 Å². The Hall–Kier alpha value is -2.97. The van der Waals surface area contributed by atoms with E-state index in [1.165, 1.54) is 18.2 Å². The molecule has 26 heavy (non-hydrogen) atoms. The van der Waals surface area contributed by atoms with Gasteiger partial charge in [0.2, 0.25) is 11.4 Å². The summed E-state index contributed by atoms with van der Waals surface area (Å²) in [7, 11) is 0. The lowest BCUT2D eigenvalue weighted by Gasteiger charge is -2.29. The van der Waals surface area contributed by atoms with Gasteiger partial charge in [0.05, 0.1) is 18.1 Å². The van der Waals surface area contributed by atoms with Crippen LogP contribution in [0.2, 0.25) is 0 Å². The van der Waals surface area contributed by atoms with Gasteiger partial charge in [-0.1, -0.05) is 18.2 Å². The van der Waals surface area contributed by atoms with Gasteiger partial charge in [0.1, 0.15) is 0 Å². The second-order valence-corrected chi connectivity index (χ2v) is 5.41. The number of para-hydroxylation sites is 1. The van der Waals surface area contributed by atoms with E-state index in [1.54, 1.807) is 19.9 Å². The van der Waals surface area contributed by atoms with Crippen LogP contribution in [0, 0.1) is 10.1 Å². The second kappa shape index (κ2) is 9.50. The second-order valence-electron chi connectivity index (χ2n) is 5.41. The molecule has 9 nitrogen and oxygen atoms in total. The Morgan fingerprint density at radius 3 is 2.12 bits per heavy atom. The number of nitrogens with one attached hydrogen (secondary N) is 1. The number of amides is 1. The maximum atomic E-state index is 12.5. The standard InChI is InChI=1S/C17H22N2O7/c1-4-25-15(21)17(18-12(3)20,16(22)26-5-2)11-10-13-8-6-7-9-14(13)19(23)24/h6-9H,4-5,10-11H2,1-3H3,(H,18,20). The summed E-state index contributed by atoms with van der Waals surface area (Å²) >= 11 is 0. The van der Waals surface area contributed by atoms with E-state index < -0.39 is 28.3 Å². The summed E-state index contributed by atoms with van der Waals surface area (Å²) in [4.78, 5) is 47.2. The molecule has 0 aliphatic heterocycles. The number of nitro benzene ring substituents is 1. The van der Waals surface area contributed by atoms with Crippen molar-refractivity contribution < 1.29 is 28.8 Å². The Balaban J connectivity index is 3.26. The first-order valence-electron chi connectivity index (χ1n) is 8.14. The van der Waals surface area contributed by atoms with Gasteiger partial charge in [0.25, 0.3) is 5.69 Å². The number of hydrogen-bond acceptors (Lipinski definition) is 7. The first-order valence-corrected chi connectivity index (χ1v) is 8.14. The van der Waals surface area contributed by atoms with E-state index >= 15 is 0 Å². The number of carbonyl (C=O) groups excluding carboxylic acids is 3. The number of benzene rings is 1. The first kappa shape index (κ1) is 21.1. The summed E-state index contributed by atoms with van der Waals surface area (Å²) in [6.45, 7) is 4.25. The van der Waals surface area contributed by atoms with E-state index in [9.17, 15) is 24.5 Å². The van der Waals surface area contributed by atoms with Gasteiger partial charge in [-0.25, -0.2) is 9.59 Å². The lowest BCUT2D eigenvalue weighted by molar-refractivity contribution is -0.385. The molecule has 0 aliphatic rings. The lowest BCUT2D eigenvalue weighted by Crippen LogP contribution is -2.61. The van der Waals surface area contributed by atoms with Crippen LogP contribution in [0.3, 0.4) is 0 Å². The molecule has 142 valence electrons. The number of ether oxygens (including phenoxy) is 2. The monoisotopic (exact) mass is 366 g/mol. The average molecular weight is 366 g/mol. The maximum absolute atomic E-state index is 12.5. The zero-order valence-electron chi connectivity index (χ0n) is 14.9. The van der Waals surface area contributed by atoms with Crippen molar-refractivity contribution in [3.63, 3.8) is 0 Å². The molecular formula is C17H22N2O7. The fraction of sp³-hybridized carbons (Fsp3) is 0.471. The lowest BCUT2D eigenvalue weighted by atomic mass is 9.90. The van der Waals surface area contributed by atoms with Crippen molar-refractivity contribution in [2.75, 3.05) is 13.2 Å². The minimum Gasteiger partial charge on any atom is -0.464 e. The largest absolute Gasteiger partial charge is 0.464 e. The molecule has 0 bridgehead atoms. The molecule has 0 aromatic heterocycles. The van der Waals surface area contributed by atoms with E-state index in [0.717, 1.165) is 6.92 Å². The molecule has 1 N–H and O–H groups in total. The summed E-state index contributed by atoms with van der Waals surface area (Å²) in [5, 5.41) is 13.5. The summed E-state index contributed by atoms with van der Waals surface area (Å²) < 4.78 is 9.91. The molecule has 1 aromatic carbocycles. The number of esters is 2. The fourth-order valence-electron chi connectivity index (χ4n) is 2.48. The van der Waals surface area contributed by atoms with Crippen molar-refractivity contribution in [3.05, 3.63) is 39.9 Å². The smallest absolute Gasteiger partial charge is 0.343 e. The van der Waals surface area contributed by atoms with Crippen LogP contribution in [0.5, 0.6) is 0 Å². The molecule has 1 aromatic rings. The molecule has 0 atom stereocenters. The highest BCUT2D eigenvalue weighted by Gasteiger charge is 2.49. The fourth-order valence-corrected chi connectivity index (χ4v) is 2.48. The van der Waals surface area contributed by atoms with Gasteiger partial charge < -0.3 is 14.8 Å². The SMILES string of the molecule is CCOC(=O)C(CCc1ccccc1[N+](=O)[O-])(NC(C)=O)C(=O)OCC. The van der Waals surface area contributed by atoms with E-state index in [1.807, 2.05) is 0 Å². The zero-order chi connectivity index (χ0) is 19.7. The zero-order valence-corrected chi connectivity index (χ0v) is 14.9. The van der Waals surface area contributed by atoms with Crippen molar-refractivity contribution in [2.24, 2.45) is 0 Å². The van der Waals surface area contributed by atoms with E-state index in [4.69, 9.17) is 9.47 Å². The van der Waals surface area contributed by atoms with Crippen LogP contribution in [0.15, 0.2) is 24.3 Å². The average Bonchev–Trinajstić information content (AvgIpc) is 2.58. The predicted octanol–water partition coefficient (Wildman–Crippen LogP) is 1.53. The minimum absolute atomic E-state index is 0.00887. The molecule has 0 fully saturated rings. The Morgan fingerprint density at radius 1 is 1.12 bits per heavy atom. The topological polar surface area (TPSA) is 125 Å². The third-order valence-corrected chi connectivity index (χ3v) is 3.59. The van der Waals surface area contributed by atoms with Crippen molar-refractivity contribution in [1.29, 1.82) is 0 Å². The van der Waals surface area contributed by atoms with Crippen molar-refractivity contribution in [2.45, 2.75) is 39.2 Å². The highest BCUT2D eigenvalue weighted by atomic mass is 16.6. The Morgan fingerprint density at radius 2 is 1.65 bits per heavy atom. The molecule has 0 unspecified atom stereocenters. The van der Waals surface area contributed by atoms with Crippen molar-refractivity contribution >= 4 is 23.5 Å². The number of hydrogen-bond donors (Lipinski definition) is 1. The third-order valence-electron chi connectivity index (χ3n) is 3.59. The molecule has 0 saturated carbocycles. The predicted molar refractivity (Wildman–Crippen MR) is 91.2 cm³/mol. The number of nitro groups is 1. The molecule has 1 amide bonds. The van der Waals surface area contributed by atoms with Crippen LogP contribution < -0.4 is 5.32 Å². The van der Waals surface area contributed by atoms with Crippen LogP contribution in [0.25, 0.3) is 0 Å². The Kier molecular flexibility index (Phi) is 7.70. The quantitative estimate of drug-likeness (QED) is 0.304. The van der Waals surface area contributed by atoms with Gasteiger partial charge in [-0.15, -0.1) is 0 Å². The van der Waals surface area contributed by atoms with Gasteiger partial charge in [-0.2, -0.15) is 0 Å². The van der Waals surface area contributed by atoms with Crippen LogP contribution in [-0.2, 0) is 30.3 Å². The summed E-state index contributed by atoms with van der Waals surface area (Å²) in [5.41, 5.74) is -1.89. The Bertz CT molecular complexity index is 669. The highest BCUT2D eigenvalue weighted by Crippen LogP contribution is 2.24. The summed E-state index contributed by atoms with van der Waals surface area (Å²) in [6, 6.07) is 5.97. The molecule has 1 rings (SSSR count). The first-order chi connectivity index (χ1) is 12.3. The molecular weight excluding hydrogens is 344 g/mol. The molecule has 9 heteroatoms. The number of carbonyl (C=O) groups is 3. The van der Waals surface area contributed by atoms with E-state index in [-0.39, 0.29) is 31.7 Å². The number of nitrogens with zero attached hydrogens (tertiary/aromatic N) is 1. The third kappa shape index (κ3) is 5.01. The molecule has 0 radical (unpaired) electrons. The van der Waals surface area contributed by atoms with Crippen LogP contribution >= 0.6 is 0 Å². The number of rotatable bonds is 9. The van der Waals surface area contributed by atoms with Crippen LogP contribution in [0.4, 0.5) is 5.69 Å². The van der Waals surface area contributed by atoms with Crippen molar-refractivity contribution in [3.8, 4) is 0 Å². The molecule has 0 aliphatic carbocycles. The number of aryl methyl sites for hydroxylation is 1. The molecule has 0 heterocycles. The summed E-state index contributed by atoms with van der Waals surface area (Å²) in [5.74, 6) is -2.56. The van der Waals surface area contributed by atoms with E-state index in [2.05, 4.69) is 5.32 Å². The van der Waals surface area contributed by atoms with Gasteiger partial charge in [0, 0.05) is 18.6 Å². The highest BCUT2D eigenvalue weighted by molar-refractivity contribution is 6.07. The van der Waals surface area contributed by atoms with Crippen molar-refractivity contribution in [1.82, 2.24) is 5.32 Å². The van der Waals surface area contributed by atoms with Gasteiger partial charge in [0.15, 0.2) is 0 Å².